The Bertz CT molecular complexity index is 473. The van der Waals surface area contributed by atoms with Crippen molar-refractivity contribution < 1.29 is 14.7 Å². The number of nitrogens with one attached hydrogen (secondary N) is 2. The highest BCUT2D eigenvalue weighted by molar-refractivity contribution is 5.84. The third-order valence-electron chi connectivity index (χ3n) is 2.77. The van der Waals surface area contributed by atoms with E-state index in [2.05, 4.69) is 25.8 Å². The van der Waals surface area contributed by atoms with Crippen molar-refractivity contribution in [1.82, 2.24) is 30.5 Å². The van der Waals surface area contributed by atoms with Gasteiger partial charge in [0, 0.05) is 12.6 Å². The van der Waals surface area contributed by atoms with E-state index in [0.717, 1.165) is 13.0 Å². The summed E-state index contributed by atoms with van der Waals surface area (Å²) in [5, 5.41) is 21.4. The lowest BCUT2D eigenvalue weighted by atomic mass is 10.2. The molecule has 118 valence electrons. The Morgan fingerprint density at radius 2 is 2.19 bits per heavy atom. The third kappa shape index (κ3) is 6.70. The molecule has 1 heterocycles. The fourth-order valence-corrected chi connectivity index (χ4v) is 1.59. The highest BCUT2D eigenvalue weighted by atomic mass is 16.4. The van der Waals surface area contributed by atoms with Crippen LogP contribution in [-0.2, 0) is 6.54 Å². The topological polar surface area (TPSA) is 112 Å². The molecule has 9 heteroatoms. The van der Waals surface area contributed by atoms with Crippen molar-refractivity contribution >= 4 is 12.0 Å². The van der Waals surface area contributed by atoms with Crippen LogP contribution in [0.1, 0.15) is 23.8 Å². The van der Waals surface area contributed by atoms with Gasteiger partial charge in [0.1, 0.15) is 0 Å². The monoisotopic (exact) mass is 298 g/mol. The first kappa shape index (κ1) is 16.9. The van der Waals surface area contributed by atoms with Crippen LogP contribution < -0.4 is 10.6 Å². The van der Waals surface area contributed by atoms with Gasteiger partial charge in [-0.25, -0.2) is 14.3 Å². The molecule has 3 N–H and O–H groups in total. The van der Waals surface area contributed by atoms with Crippen LogP contribution in [0.5, 0.6) is 0 Å². The molecule has 0 saturated heterocycles. The molecule has 0 saturated carbocycles. The minimum atomic E-state index is -1.12. The van der Waals surface area contributed by atoms with E-state index in [1.54, 1.807) is 0 Å². The number of carboxylic acids is 1. The Balaban J connectivity index is 2.22. The molecule has 0 bridgehead atoms. The second-order valence-corrected chi connectivity index (χ2v) is 5.07. The van der Waals surface area contributed by atoms with Crippen LogP contribution in [0.3, 0.4) is 0 Å². The maximum absolute atomic E-state index is 11.6. The standard InChI is InChI=1S/C12H22N6O3/c1-9(4-6-17(2)3)14-12(21)13-5-7-18-8-10(11(19)20)15-16-18/h8-9H,4-7H2,1-3H3,(H,19,20)(H2,13,14,21). The van der Waals surface area contributed by atoms with Crippen LogP contribution in [0.15, 0.2) is 6.20 Å². The number of aromatic nitrogens is 3. The Hall–Kier alpha value is -2.16. The average molecular weight is 298 g/mol. The van der Waals surface area contributed by atoms with Gasteiger partial charge in [0.05, 0.1) is 12.7 Å². The van der Waals surface area contributed by atoms with Crippen molar-refractivity contribution in [3.8, 4) is 0 Å². The molecular formula is C12H22N6O3. The summed E-state index contributed by atoms with van der Waals surface area (Å²) < 4.78 is 1.37. The Kier molecular flexibility index (Phi) is 6.60. The van der Waals surface area contributed by atoms with Gasteiger partial charge < -0.3 is 20.6 Å². The molecule has 1 rings (SSSR count). The number of rotatable bonds is 8. The molecule has 1 aromatic heterocycles. The van der Waals surface area contributed by atoms with Gasteiger partial charge in [-0.3, -0.25) is 0 Å². The molecule has 1 aromatic rings. The molecule has 0 aromatic carbocycles. The highest BCUT2D eigenvalue weighted by Gasteiger charge is 2.09. The highest BCUT2D eigenvalue weighted by Crippen LogP contribution is 1.93. The number of urea groups is 1. The second kappa shape index (κ2) is 8.20. The summed E-state index contributed by atoms with van der Waals surface area (Å²) in [5.41, 5.74) is -0.114. The summed E-state index contributed by atoms with van der Waals surface area (Å²) >= 11 is 0. The minimum absolute atomic E-state index is 0.0809. The predicted molar refractivity (Wildman–Crippen MR) is 76.1 cm³/mol. The van der Waals surface area contributed by atoms with E-state index >= 15 is 0 Å². The molecule has 21 heavy (non-hydrogen) atoms. The fourth-order valence-electron chi connectivity index (χ4n) is 1.59. The van der Waals surface area contributed by atoms with Crippen LogP contribution >= 0.6 is 0 Å². The van der Waals surface area contributed by atoms with E-state index < -0.39 is 5.97 Å². The number of carbonyl (C=O) groups excluding carboxylic acids is 1. The number of hydrogen-bond donors (Lipinski definition) is 3. The van der Waals surface area contributed by atoms with Crippen LogP contribution in [0.2, 0.25) is 0 Å². The molecule has 0 aliphatic rings. The Labute approximate surface area is 123 Å². The van der Waals surface area contributed by atoms with E-state index in [0.29, 0.717) is 13.1 Å². The van der Waals surface area contributed by atoms with Crippen molar-refractivity contribution in [2.45, 2.75) is 25.9 Å². The van der Waals surface area contributed by atoms with Crippen LogP contribution in [0, 0.1) is 0 Å². The summed E-state index contributed by atoms with van der Waals surface area (Å²) in [4.78, 5) is 24.3. The van der Waals surface area contributed by atoms with Gasteiger partial charge in [-0.15, -0.1) is 5.10 Å². The quantitative estimate of drug-likeness (QED) is 0.603. The molecule has 0 aliphatic carbocycles. The maximum Gasteiger partial charge on any atom is 0.358 e. The number of aromatic carboxylic acids is 1. The Morgan fingerprint density at radius 3 is 2.76 bits per heavy atom. The molecule has 1 atom stereocenters. The lowest BCUT2D eigenvalue weighted by Crippen LogP contribution is -2.42. The number of amides is 2. The van der Waals surface area contributed by atoms with E-state index in [1.807, 2.05) is 21.0 Å². The van der Waals surface area contributed by atoms with Crippen molar-refractivity contribution in [2.75, 3.05) is 27.2 Å². The molecule has 0 radical (unpaired) electrons. The smallest absolute Gasteiger partial charge is 0.358 e. The van der Waals surface area contributed by atoms with Crippen molar-refractivity contribution in [3.63, 3.8) is 0 Å². The summed E-state index contributed by atoms with van der Waals surface area (Å²) in [6.07, 6.45) is 2.19. The van der Waals surface area contributed by atoms with Gasteiger partial charge in [-0.05, 0) is 34.0 Å². The zero-order valence-corrected chi connectivity index (χ0v) is 12.5. The van der Waals surface area contributed by atoms with Gasteiger partial charge in [0.2, 0.25) is 0 Å². The van der Waals surface area contributed by atoms with Crippen LogP contribution in [-0.4, -0.2) is 70.2 Å². The fraction of sp³-hybridized carbons (Fsp3) is 0.667. The molecular weight excluding hydrogens is 276 g/mol. The average Bonchev–Trinajstić information content (AvgIpc) is 2.85. The largest absolute Gasteiger partial charge is 0.476 e. The first-order valence-corrected chi connectivity index (χ1v) is 6.71. The summed E-state index contributed by atoms with van der Waals surface area (Å²) in [6.45, 7) is 3.55. The molecule has 0 aliphatic heterocycles. The Morgan fingerprint density at radius 1 is 1.48 bits per heavy atom. The van der Waals surface area contributed by atoms with Crippen molar-refractivity contribution in [1.29, 1.82) is 0 Å². The second-order valence-electron chi connectivity index (χ2n) is 5.07. The number of hydrogen-bond acceptors (Lipinski definition) is 5. The number of nitrogens with zero attached hydrogens (tertiary/aromatic N) is 4. The predicted octanol–water partition coefficient (Wildman–Crippen LogP) is -0.384. The minimum Gasteiger partial charge on any atom is -0.476 e. The van der Waals surface area contributed by atoms with Gasteiger partial charge >= 0.3 is 12.0 Å². The number of carbonyl (C=O) groups is 2. The lowest BCUT2D eigenvalue weighted by Gasteiger charge is -2.17. The van der Waals surface area contributed by atoms with E-state index in [4.69, 9.17) is 5.11 Å². The van der Waals surface area contributed by atoms with Gasteiger partial charge in [0.15, 0.2) is 5.69 Å². The zero-order valence-electron chi connectivity index (χ0n) is 12.5. The lowest BCUT2D eigenvalue weighted by molar-refractivity contribution is 0.0690. The molecule has 1 unspecified atom stereocenters. The zero-order chi connectivity index (χ0) is 15.8. The first-order valence-electron chi connectivity index (χ1n) is 6.71. The summed E-state index contributed by atoms with van der Waals surface area (Å²) in [5.74, 6) is -1.12. The van der Waals surface area contributed by atoms with Crippen LogP contribution in [0.4, 0.5) is 4.79 Å². The summed E-state index contributed by atoms with van der Waals surface area (Å²) in [6, 6.07) is -0.169. The maximum atomic E-state index is 11.6. The van der Waals surface area contributed by atoms with Crippen LogP contribution in [0.25, 0.3) is 0 Å². The molecule has 9 nitrogen and oxygen atoms in total. The van der Waals surface area contributed by atoms with Gasteiger partial charge in [-0.2, -0.15) is 0 Å². The van der Waals surface area contributed by atoms with E-state index in [1.165, 1.54) is 10.9 Å². The first-order chi connectivity index (χ1) is 9.88. The van der Waals surface area contributed by atoms with Gasteiger partial charge in [0.25, 0.3) is 0 Å². The van der Waals surface area contributed by atoms with Crippen molar-refractivity contribution in [3.05, 3.63) is 11.9 Å². The normalized spacial score (nSPS) is 12.2. The third-order valence-corrected chi connectivity index (χ3v) is 2.77. The molecule has 0 spiro atoms. The molecule has 2 amide bonds. The summed E-state index contributed by atoms with van der Waals surface area (Å²) in [7, 11) is 3.96. The number of carboxylic acid groups (broad SMARTS) is 1. The van der Waals surface area contributed by atoms with Gasteiger partial charge in [-0.1, -0.05) is 5.21 Å². The van der Waals surface area contributed by atoms with E-state index in [-0.39, 0.29) is 17.8 Å². The molecule has 0 fully saturated rings. The van der Waals surface area contributed by atoms with E-state index in [9.17, 15) is 9.59 Å². The van der Waals surface area contributed by atoms with Crippen molar-refractivity contribution in [2.24, 2.45) is 0 Å². The SMILES string of the molecule is CC(CCN(C)C)NC(=O)NCCn1cc(C(=O)O)nn1.